The summed E-state index contributed by atoms with van der Waals surface area (Å²) < 4.78 is 4.76. The molecule has 4 nitrogen and oxygen atoms in total. The number of halogens is 1. The van der Waals surface area contributed by atoms with Crippen molar-refractivity contribution >= 4 is 28.3 Å². The minimum absolute atomic E-state index is 0.0644. The standard InChI is InChI=1S/C18H14ClNO3/c1-23-18(22)15-9-12(8-11-6-7-16(19)20-10-11)13-4-2-3-5-14(13)17(15)21/h2-7,9-10,21H,8H2,1H3. The lowest BCUT2D eigenvalue weighted by atomic mass is 9.95. The molecule has 3 rings (SSSR count). The van der Waals surface area contributed by atoms with Crippen LogP contribution in [0.4, 0.5) is 0 Å². The van der Waals surface area contributed by atoms with E-state index in [2.05, 4.69) is 4.98 Å². The third kappa shape index (κ3) is 2.98. The number of nitrogens with zero attached hydrogens (tertiary/aromatic N) is 1. The summed E-state index contributed by atoms with van der Waals surface area (Å²) >= 11 is 5.81. The van der Waals surface area contributed by atoms with Crippen molar-refractivity contribution in [2.45, 2.75) is 6.42 Å². The number of methoxy groups -OCH3 is 1. The van der Waals surface area contributed by atoms with Gasteiger partial charge in [-0.3, -0.25) is 0 Å². The highest BCUT2D eigenvalue weighted by molar-refractivity contribution is 6.29. The summed E-state index contributed by atoms with van der Waals surface area (Å²) in [5, 5.41) is 12.3. The first-order chi connectivity index (χ1) is 11.1. The zero-order valence-electron chi connectivity index (χ0n) is 12.4. The molecule has 0 saturated heterocycles. The number of esters is 1. The van der Waals surface area contributed by atoms with E-state index in [1.165, 1.54) is 7.11 Å². The van der Waals surface area contributed by atoms with Crippen LogP contribution in [0.25, 0.3) is 10.8 Å². The van der Waals surface area contributed by atoms with Crippen LogP contribution in [0.3, 0.4) is 0 Å². The van der Waals surface area contributed by atoms with E-state index in [9.17, 15) is 9.90 Å². The van der Waals surface area contributed by atoms with Gasteiger partial charge in [-0.25, -0.2) is 9.78 Å². The number of benzene rings is 2. The van der Waals surface area contributed by atoms with Crippen LogP contribution in [-0.2, 0) is 11.2 Å². The number of hydrogen-bond donors (Lipinski definition) is 1. The highest BCUT2D eigenvalue weighted by Crippen LogP contribution is 2.33. The van der Waals surface area contributed by atoms with Crippen LogP contribution in [0.15, 0.2) is 48.7 Å². The van der Waals surface area contributed by atoms with Crippen LogP contribution in [0.5, 0.6) is 5.75 Å². The maximum atomic E-state index is 11.9. The van der Waals surface area contributed by atoms with Crippen LogP contribution in [0, 0.1) is 0 Å². The minimum Gasteiger partial charge on any atom is -0.506 e. The van der Waals surface area contributed by atoms with Crippen molar-refractivity contribution in [1.82, 2.24) is 4.98 Å². The number of carbonyl (C=O) groups excluding carboxylic acids is 1. The average Bonchev–Trinajstić information content (AvgIpc) is 2.58. The third-order valence-corrected chi connectivity index (χ3v) is 3.91. The van der Waals surface area contributed by atoms with Crippen molar-refractivity contribution in [3.8, 4) is 5.75 Å². The molecular weight excluding hydrogens is 314 g/mol. The van der Waals surface area contributed by atoms with Crippen molar-refractivity contribution in [1.29, 1.82) is 0 Å². The fraction of sp³-hybridized carbons (Fsp3) is 0.111. The molecule has 0 bridgehead atoms. The first-order valence-electron chi connectivity index (χ1n) is 7.02. The first-order valence-corrected chi connectivity index (χ1v) is 7.40. The van der Waals surface area contributed by atoms with Crippen molar-refractivity contribution in [3.63, 3.8) is 0 Å². The molecular formula is C18H14ClNO3. The SMILES string of the molecule is COC(=O)c1cc(Cc2ccc(Cl)nc2)c2ccccc2c1O. The van der Waals surface area contributed by atoms with Crippen LogP contribution >= 0.6 is 11.6 Å². The van der Waals surface area contributed by atoms with Crippen molar-refractivity contribution in [2.75, 3.05) is 7.11 Å². The van der Waals surface area contributed by atoms with Gasteiger partial charge in [0, 0.05) is 11.6 Å². The summed E-state index contributed by atoms with van der Waals surface area (Å²) in [7, 11) is 1.29. The molecule has 1 N–H and O–H groups in total. The zero-order chi connectivity index (χ0) is 16.4. The molecule has 0 spiro atoms. The van der Waals surface area contributed by atoms with Crippen LogP contribution in [0.2, 0.25) is 5.15 Å². The maximum Gasteiger partial charge on any atom is 0.341 e. The summed E-state index contributed by atoms with van der Waals surface area (Å²) in [6.45, 7) is 0. The van der Waals surface area contributed by atoms with Crippen LogP contribution in [0.1, 0.15) is 21.5 Å². The smallest absolute Gasteiger partial charge is 0.341 e. The molecule has 0 aliphatic rings. The fourth-order valence-corrected chi connectivity index (χ4v) is 2.69. The molecule has 3 aromatic rings. The van der Waals surface area contributed by atoms with Gasteiger partial charge in [0.2, 0.25) is 0 Å². The van der Waals surface area contributed by atoms with Crippen molar-refractivity contribution in [2.24, 2.45) is 0 Å². The van der Waals surface area contributed by atoms with E-state index in [0.29, 0.717) is 17.0 Å². The Morgan fingerprint density at radius 3 is 2.61 bits per heavy atom. The molecule has 1 aromatic heterocycles. The highest BCUT2D eigenvalue weighted by atomic mass is 35.5. The molecule has 0 aliphatic heterocycles. The summed E-state index contributed by atoms with van der Waals surface area (Å²) in [5.74, 6) is -0.630. The average molecular weight is 328 g/mol. The molecule has 0 radical (unpaired) electrons. The van der Waals surface area contributed by atoms with Crippen LogP contribution in [-0.4, -0.2) is 23.2 Å². The second-order valence-electron chi connectivity index (χ2n) is 5.13. The Hall–Kier alpha value is -2.59. The number of hydrogen-bond acceptors (Lipinski definition) is 4. The van der Waals surface area contributed by atoms with Gasteiger partial charge in [0.1, 0.15) is 16.5 Å². The molecule has 0 amide bonds. The van der Waals surface area contributed by atoms with Crippen molar-refractivity contribution < 1.29 is 14.6 Å². The van der Waals surface area contributed by atoms with Gasteiger partial charge in [-0.1, -0.05) is 41.9 Å². The molecule has 116 valence electrons. The molecule has 5 heteroatoms. The topological polar surface area (TPSA) is 59.4 Å². The van der Waals surface area contributed by atoms with Gasteiger partial charge in [0.05, 0.1) is 7.11 Å². The van der Waals surface area contributed by atoms with E-state index >= 15 is 0 Å². The number of pyridine rings is 1. The van der Waals surface area contributed by atoms with Gasteiger partial charge in [-0.05, 0) is 35.1 Å². The van der Waals surface area contributed by atoms with E-state index < -0.39 is 5.97 Å². The number of phenolic OH excluding ortho intramolecular Hbond substituents is 1. The van der Waals surface area contributed by atoms with E-state index in [-0.39, 0.29) is 11.3 Å². The van der Waals surface area contributed by atoms with Crippen LogP contribution < -0.4 is 0 Å². The van der Waals surface area contributed by atoms with Crippen molar-refractivity contribution in [3.05, 3.63) is 70.5 Å². The summed E-state index contributed by atoms with van der Waals surface area (Å²) in [5.41, 5.74) is 2.02. The van der Waals surface area contributed by atoms with Gasteiger partial charge in [0.15, 0.2) is 0 Å². The second-order valence-corrected chi connectivity index (χ2v) is 5.52. The Morgan fingerprint density at radius 2 is 1.96 bits per heavy atom. The molecule has 0 saturated carbocycles. The third-order valence-electron chi connectivity index (χ3n) is 3.69. The van der Waals surface area contributed by atoms with E-state index in [4.69, 9.17) is 16.3 Å². The molecule has 0 fully saturated rings. The fourth-order valence-electron chi connectivity index (χ4n) is 2.58. The monoisotopic (exact) mass is 327 g/mol. The van der Waals surface area contributed by atoms with Gasteiger partial charge in [-0.15, -0.1) is 0 Å². The molecule has 0 unspecified atom stereocenters. The molecule has 23 heavy (non-hydrogen) atoms. The van der Waals surface area contributed by atoms with E-state index in [1.807, 2.05) is 24.3 Å². The summed E-state index contributed by atoms with van der Waals surface area (Å²) in [6, 6.07) is 12.7. The predicted octanol–water partition coefficient (Wildman–Crippen LogP) is 3.97. The quantitative estimate of drug-likeness (QED) is 0.584. The zero-order valence-corrected chi connectivity index (χ0v) is 13.2. The Kier molecular flexibility index (Phi) is 4.17. The van der Waals surface area contributed by atoms with Gasteiger partial charge in [-0.2, -0.15) is 0 Å². The number of aromatic nitrogens is 1. The minimum atomic E-state index is -0.566. The van der Waals surface area contributed by atoms with E-state index in [1.54, 1.807) is 24.4 Å². The Labute approximate surface area is 138 Å². The lowest BCUT2D eigenvalue weighted by molar-refractivity contribution is 0.0597. The Morgan fingerprint density at radius 1 is 1.22 bits per heavy atom. The number of carbonyl (C=O) groups is 1. The Balaban J connectivity index is 2.16. The van der Waals surface area contributed by atoms with Gasteiger partial charge >= 0.3 is 5.97 Å². The van der Waals surface area contributed by atoms with E-state index in [0.717, 1.165) is 16.5 Å². The number of fused-ring (bicyclic) bond motifs is 1. The largest absolute Gasteiger partial charge is 0.506 e. The number of aromatic hydroxyl groups is 1. The summed E-state index contributed by atoms with van der Waals surface area (Å²) in [6.07, 6.45) is 2.26. The van der Waals surface area contributed by atoms with Gasteiger partial charge in [0.25, 0.3) is 0 Å². The lowest BCUT2D eigenvalue weighted by Crippen LogP contribution is -2.04. The van der Waals surface area contributed by atoms with Gasteiger partial charge < -0.3 is 9.84 Å². The first kappa shape index (κ1) is 15.3. The normalized spacial score (nSPS) is 10.7. The molecule has 0 atom stereocenters. The number of rotatable bonds is 3. The maximum absolute atomic E-state index is 11.9. The molecule has 1 heterocycles. The highest BCUT2D eigenvalue weighted by Gasteiger charge is 2.17. The predicted molar refractivity (Wildman–Crippen MR) is 89.0 cm³/mol. The second kappa shape index (κ2) is 6.26. The Bertz CT molecular complexity index is 875. The molecule has 2 aromatic carbocycles. The lowest BCUT2D eigenvalue weighted by Gasteiger charge is -2.12. The summed E-state index contributed by atoms with van der Waals surface area (Å²) in [4.78, 5) is 16.0. The number of ether oxygens (including phenoxy) is 1. The number of phenols is 1. The molecule has 0 aliphatic carbocycles.